The molecule has 3 aromatic heterocycles. The van der Waals surface area contributed by atoms with E-state index in [1.165, 1.54) is 0 Å². The highest BCUT2D eigenvalue weighted by molar-refractivity contribution is 6.12. The van der Waals surface area contributed by atoms with Crippen molar-refractivity contribution in [2.45, 2.75) is 0 Å². The number of para-hydroxylation sites is 4. The minimum absolute atomic E-state index is 0.594. The van der Waals surface area contributed by atoms with Gasteiger partial charge in [0.05, 0.1) is 56.9 Å². The molecule has 15 rings (SSSR count). The maximum absolute atomic E-state index is 5.79. The van der Waals surface area contributed by atoms with E-state index in [0.29, 0.717) is 17.5 Å². The molecule has 4 heterocycles. The third-order valence-electron chi connectivity index (χ3n) is 15.6. The van der Waals surface area contributed by atoms with Gasteiger partial charge in [0.25, 0.3) is 0 Å². The molecule has 0 fully saturated rings. The second-order valence-electron chi connectivity index (χ2n) is 21.0. The number of nitrogens with zero attached hydrogens (tertiary/aromatic N) is 8. The van der Waals surface area contributed by atoms with Crippen molar-refractivity contribution in [1.82, 2.24) is 29.9 Å². The Labute approximate surface area is 499 Å². The van der Waals surface area contributed by atoms with E-state index in [1.807, 2.05) is 72.8 Å². The van der Waals surface area contributed by atoms with Gasteiger partial charge in [-0.2, -0.15) is 0 Å². The zero-order chi connectivity index (χ0) is 57.2. The second kappa shape index (κ2) is 22.5. The molecule has 0 saturated carbocycles. The highest BCUT2D eigenvalue weighted by atomic mass is 15.3. The van der Waals surface area contributed by atoms with Crippen LogP contribution in [-0.2, 0) is 0 Å². The lowest BCUT2D eigenvalue weighted by molar-refractivity contribution is 1.09. The Morgan fingerprint density at radius 3 is 0.919 bits per heavy atom. The number of anilines is 6. The fourth-order valence-corrected chi connectivity index (χ4v) is 11.7. The number of hydrogen-bond donors (Lipinski definition) is 0. The molecule has 1 aliphatic heterocycles. The number of hydrogen-bond acceptors (Lipinski definition) is 8. The van der Waals surface area contributed by atoms with Crippen molar-refractivity contribution in [2.24, 2.45) is 0 Å². The molecule has 0 unspecified atom stereocenters. The summed E-state index contributed by atoms with van der Waals surface area (Å²) in [6.07, 6.45) is 0. The molecular formula is C78H52N8. The molecule has 86 heavy (non-hydrogen) atoms. The van der Waals surface area contributed by atoms with Crippen LogP contribution in [0.1, 0.15) is 0 Å². The van der Waals surface area contributed by atoms with Crippen LogP contribution in [-0.4, -0.2) is 29.9 Å². The molecule has 0 N–H and O–H groups in total. The maximum Gasteiger partial charge on any atom is 0.162 e. The first-order chi connectivity index (χ1) is 42.7. The van der Waals surface area contributed by atoms with Gasteiger partial charge >= 0.3 is 0 Å². The maximum atomic E-state index is 5.79. The SMILES string of the molecule is c1ccc(-c2cc(-c3cc(-c4ccccc4)c(N4c5ccccc5N(c5cc(-c6ccccc6)nc(-c6ccccc6)n5)c5ccccc54)c(-c4cc(-c5ccccc5)nc(-c5ccccc5)n4)c3-c3ccccc3)nc(-c3ccccc3)n2)cc1. The minimum Gasteiger partial charge on any atom is -0.305 e. The average Bonchev–Trinajstić information content (AvgIpc) is 0.858. The third-order valence-corrected chi connectivity index (χ3v) is 15.6. The zero-order valence-corrected chi connectivity index (χ0v) is 46.6. The first-order valence-corrected chi connectivity index (χ1v) is 28.8. The Kier molecular flexibility index (Phi) is 13.4. The summed E-state index contributed by atoms with van der Waals surface area (Å²) in [6.45, 7) is 0. The van der Waals surface area contributed by atoms with Crippen molar-refractivity contribution < 1.29 is 0 Å². The molecule has 404 valence electrons. The van der Waals surface area contributed by atoms with Crippen LogP contribution >= 0.6 is 0 Å². The van der Waals surface area contributed by atoms with Gasteiger partial charge in [0, 0.05) is 61.7 Å². The van der Waals surface area contributed by atoms with Crippen molar-refractivity contribution in [3.8, 4) is 113 Å². The van der Waals surface area contributed by atoms with Crippen molar-refractivity contribution in [1.29, 1.82) is 0 Å². The fourth-order valence-electron chi connectivity index (χ4n) is 11.7. The highest BCUT2D eigenvalue weighted by Crippen LogP contribution is 2.60. The fraction of sp³-hybridized carbons (Fsp3) is 0. The van der Waals surface area contributed by atoms with Crippen LogP contribution in [0.5, 0.6) is 0 Å². The lowest BCUT2D eigenvalue weighted by atomic mass is 9.84. The second-order valence-corrected chi connectivity index (χ2v) is 21.0. The van der Waals surface area contributed by atoms with E-state index in [9.17, 15) is 0 Å². The lowest BCUT2D eigenvalue weighted by Gasteiger charge is -2.41. The Morgan fingerprint density at radius 1 is 0.198 bits per heavy atom. The summed E-state index contributed by atoms with van der Waals surface area (Å²) < 4.78 is 0. The summed E-state index contributed by atoms with van der Waals surface area (Å²) in [7, 11) is 0. The van der Waals surface area contributed by atoms with Crippen LogP contribution < -0.4 is 9.80 Å². The lowest BCUT2D eigenvalue weighted by Crippen LogP contribution is -2.25. The normalized spacial score (nSPS) is 11.7. The van der Waals surface area contributed by atoms with Crippen LogP contribution in [0.15, 0.2) is 315 Å². The molecule has 1 aliphatic rings. The van der Waals surface area contributed by atoms with Gasteiger partial charge in [-0.1, -0.05) is 267 Å². The zero-order valence-electron chi connectivity index (χ0n) is 46.6. The van der Waals surface area contributed by atoms with E-state index in [-0.39, 0.29) is 0 Å². The standard InChI is InChI=1S/C78H52N8/c1-9-29-53(30-10-1)61-49-62(66-50-63(54-31-11-2-12-32-54)79-76(82-66)58-39-19-6-20-40-58)73(57-37-17-5-18-38-57)74(67-51-64(55-33-13-3-14-34-55)80-77(83-67)59-41-21-7-22-42-59)75(61)86-70-47-27-25-45-68(70)85(69-46-26-28-48-71(69)86)72-52-65(56-35-15-4-16-36-56)81-78(84-72)60-43-23-8-24-44-60/h1-52H. The number of benzene rings is 11. The van der Waals surface area contributed by atoms with Crippen LogP contribution in [0.25, 0.3) is 113 Å². The molecule has 0 radical (unpaired) electrons. The van der Waals surface area contributed by atoms with Crippen molar-refractivity contribution in [3.05, 3.63) is 315 Å². The van der Waals surface area contributed by atoms with E-state index in [2.05, 4.69) is 252 Å². The smallest absolute Gasteiger partial charge is 0.162 e. The van der Waals surface area contributed by atoms with E-state index in [4.69, 9.17) is 29.9 Å². The summed E-state index contributed by atoms with van der Waals surface area (Å²) >= 11 is 0. The quantitative estimate of drug-likeness (QED) is 0.120. The molecule has 8 heteroatoms. The first-order valence-electron chi connectivity index (χ1n) is 28.8. The molecule has 14 aromatic rings. The monoisotopic (exact) mass is 1100 g/mol. The largest absolute Gasteiger partial charge is 0.305 e. The summed E-state index contributed by atoms with van der Waals surface area (Å²) in [6, 6.07) is 109. The predicted octanol–water partition coefficient (Wildman–Crippen LogP) is 20.0. The van der Waals surface area contributed by atoms with Crippen LogP contribution in [0.3, 0.4) is 0 Å². The molecule has 0 aliphatic carbocycles. The van der Waals surface area contributed by atoms with Crippen molar-refractivity contribution in [3.63, 3.8) is 0 Å². The Morgan fingerprint density at radius 2 is 0.500 bits per heavy atom. The highest BCUT2D eigenvalue weighted by Gasteiger charge is 2.37. The van der Waals surface area contributed by atoms with Crippen LogP contribution in [0.2, 0.25) is 0 Å². The van der Waals surface area contributed by atoms with Gasteiger partial charge in [-0.05, 0) is 53.6 Å². The molecule has 0 saturated heterocycles. The van der Waals surface area contributed by atoms with Gasteiger partial charge in [0.1, 0.15) is 5.82 Å². The summed E-state index contributed by atoms with van der Waals surface area (Å²) in [5.74, 6) is 2.56. The summed E-state index contributed by atoms with van der Waals surface area (Å²) in [5, 5.41) is 0. The van der Waals surface area contributed by atoms with E-state index in [0.717, 1.165) is 129 Å². The molecule has 11 aromatic carbocycles. The molecule has 0 bridgehead atoms. The van der Waals surface area contributed by atoms with Gasteiger partial charge in [-0.15, -0.1) is 0 Å². The third kappa shape index (κ3) is 9.72. The van der Waals surface area contributed by atoms with Gasteiger partial charge in [0.2, 0.25) is 0 Å². The number of rotatable bonds is 12. The van der Waals surface area contributed by atoms with E-state index in [1.54, 1.807) is 0 Å². The summed E-state index contributed by atoms with van der Waals surface area (Å²) in [5.41, 5.74) is 19.8. The Bertz CT molecular complexity index is 4510. The summed E-state index contributed by atoms with van der Waals surface area (Å²) in [4.78, 5) is 37.6. The van der Waals surface area contributed by atoms with Crippen molar-refractivity contribution in [2.75, 3.05) is 9.80 Å². The van der Waals surface area contributed by atoms with Gasteiger partial charge in [-0.25, -0.2) is 29.9 Å². The van der Waals surface area contributed by atoms with Crippen LogP contribution in [0.4, 0.5) is 34.3 Å². The molecule has 8 nitrogen and oxygen atoms in total. The van der Waals surface area contributed by atoms with Gasteiger partial charge < -0.3 is 4.90 Å². The minimum atomic E-state index is 0.594. The van der Waals surface area contributed by atoms with Crippen molar-refractivity contribution >= 4 is 34.3 Å². The topological polar surface area (TPSA) is 83.8 Å². The molecular weight excluding hydrogens is 1050 g/mol. The average molecular weight is 1100 g/mol. The number of fused-ring (bicyclic) bond motifs is 2. The molecule has 0 spiro atoms. The van der Waals surface area contributed by atoms with Gasteiger partial charge in [-0.3, -0.25) is 4.90 Å². The first kappa shape index (κ1) is 51.2. The molecule has 0 atom stereocenters. The predicted molar refractivity (Wildman–Crippen MR) is 350 cm³/mol. The van der Waals surface area contributed by atoms with Gasteiger partial charge in [0.15, 0.2) is 17.5 Å². The Hall–Kier alpha value is -11.7. The molecule has 0 amide bonds. The van der Waals surface area contributed by atoms with Crippen LogP contribution in [0, 0.1) is 0 Å². The Balaban J connectivity index is 1.09. The van der Waals surface area contributed by atoms with E-state index >= 15 is 0 Å². The van der Waals surface area contributed by atoms with E-state index < -0.39 is 0 Å². The number of aromatic nitrogens is 6.